The number of rotatable bonds is 0. The first-order valence-corrected chi connectivity index (χ1v) is 7.15. The standard InChI is InChI=1S/C16H28/c1-13-9-7-5-6-8-11-15(2,3)14-10-12-16(13,14)4/h14H,1,5-12H2,2-4H3. The Morgan fingerprint density at radius 1 is 1.00 bits per heavy atom. The van der Waals surface area contributed by atoms with Crippen LogP contribution in [0.3, 0.4) is 0 Å². The molecule has 2 fully saturated rings. The fourth-order valence-corrected chi connectivity index (χ4v) is 4.13. The molecule has 0 amide bonds. The maximum absolute atomic E-state index is 4.41. The highest BCUT2D eigenvalue weighted by molar-refractivity contribution is 5.18. The second-order valence-electron chi connectivity index (χ2n) is 7.02. The van der Waals surface area contributed by atoms with Gasteiger partial charge >= 0.3 is 0 Å². The van der Waals surface area contributed by atoms with Crippen LogP contribution in [0.4, 0.5) is 0 Å². The van der Waals surface area contributed by atoms with E-state index in [0.29, 0.717) is 10.8 Å². The molecule has 16 heavy (non-hydrogen) atoms. The summed E-state index contributed by atoms with van der Waals surface area (Å²) in [6, 6.07) is 0. The normalized spacial score (nSPS) is 39.7. The molecule has 2 unspecified atom stereocenters. The Morgan fingerprint density at radius 3 is 2.31 bits per heavy atom. The molecule has 2 aliphatic rings. The summed E-state index contributed by atoms with van der Waals surface area (Å²) in [5, 5.41) is 0. The lowest BCUT2D eigenvalue weighted by Crippen LogP contribution is -2.47. The lowest BCUT2D eigenvalue weighted by atomic mass is 9.48. The zero-order chi connectivity index (χ0) is 11.8. The zero-order valence-electron chi connectivity index (χ0n) is 11.4. The van der Waals surface area contributed by atoms with E-state index in [1.807, 2.05) is 0 Å². The molecule has 0 saturated heterocycles. The summed E-state index contributed by atoms with van der Waals surface area (Å²) in [6.07, 6.45) is 11.2. The third-order valence-corrected chi connectivity index (χ3v) is 5.52. The molecule has 0 radical (unpaired) electrons. The molecule has 0 aromatic heterocycles. The highest BCUT2D eigenvalue weighted by atomic mass is 14.5. The van der Waals surface area contributed by atoms with Crippen LogP contribution in [0.25, 0.3) is 0 Å². The molecule has 0 bridgehead atoms. The van der Waals surface area contributed by atoms with Crippen LogP contribution in [0.5, 0.6) is 0 Å². The third kappa shape index (κ3) is 1.96. The second-order valence-corrected chi connectivity index (χ2v) is 7.02. The Hall–Kier alpha value is -0.260. The Labute approximate surface area is 102 Å². The summed E-state index contributed by atoms with van der Waals surface area (Å²) >= 11 is 0. The summed E-state index contributed by atoms with van der Waals surface area (Å²) < 4.78 is 0. The molecular formula is C16H28. The average molecular weight is 220 g/mol. The Morgan fingerprint density at radius 2 is 1.69 bits per heavy atom. The molecule has 0 aliphatic heterocycles. The molecule has 0 nitrogen and oxygen atoms in total. The van der Waals surface area contributed by atoms with E-state index in [0.717, 1.165) is 5.92 Å². The second kappa shape index (κ2) is 4.20. The van der Waals surface area contributed by atoms with Crippen molar-refractivity contribution >= 4 is 0 Å². The monoisotopic (exact) mass is 220 g/mol. The maximum atomic E-state index is 4.41. The largest absolute Gasteiger partial charge is 0.0993 e. The van der Waals surface area contributed by atoms with Crippen LogP contribution in [0.1, 0.15) is 72.1 Å². The van der Waals surface area contributed by atoms with E-state index < -0.39 is 0 Å². The number of hydrogen-bond donors (Lipinski definition) is 0. The first kappa shape index (κ1) is 12.2. The highest BCUT2D eigenvalue weighted by Gasteiger charge is 2.50. The van der Waals surface area contributed by atoms with Crippen LogP contribution >= 0.6 is 0 Å². The molecular weight excluding hydrogens is 192 g/mol. The van der Waals surface area contributed by atoms with Gasteiger partial charge in [0, 0.05) is 0 Å². The summed E-state index contributed by atoms with van der Waals surface area (Å²) in [4.78, 5) is 0. The molecule has 0 heteroatoms. The quantitative estimate of drug-likeness (QED) is 0.483. The minimum absolute atomic E-state index is 0.473. The van der Waals surface area contributed by atoms with Gasteiger partial charge in [-0.25, -0.2) is 0 Å². The minimum Gasteiger partial charge on any atom is -0.0993 e. The van der Waals surface area contributed by atoms with E-state index in [4.69, 9.17) is 0 Å². The van der Waals surface area contributed by atoms with Crippen molar-refractivity contribution in [3.05, 3.63) is 12.2 Å². The Kier molecular flexibility index (Phi) is 3.20. The van der Waals surface area contributed by atoms with E-state index in [1.54, 1.807) is 5.57 Å². The molecule has 92 valence electrons. The van der Waals surface area contributed by atoms with Crippen molar-refractivity contribution in [1.29, 1.82) is 0 Å². The van der Waals surface area contributed by atoms with Crippen LogP contribution < -0.4 is 0 Å². The smallest absolute Gasteiger partial charge is 0.00856 e. The molecule has 0 aromatic carbocycles. The van der Waals surface area contributed by atoms with Gasteiger partial charge in [0.25, 0.3) is 0 Å². The van der Waals surface area contributed by atoms with Gasteiger partial charge in [-0.15, -0.1) is 0 Å². The van der Waals surface area contributed by atoms with Gasteiger partial charge in [0.1, 0.15) is 0 Å². The lowest BCUT2D eigenvalue weighted by Gasteiger charge is -2.56. The number of allylic oxidation sites excluding steroid dienone is 1. The van der Waals surface area contributed by atoms with Gasteiger partial charge in [0.2, 0.25) is 0 Å². The van der Waals surface area contributed by atoms with Gasteiger partial charge in [0.05, 0.1) is 0 Å². The molecule has 2 rings (SSSR count). The first-order chi connectivity index (χ1) is 7.47. The van der Waals surface area contributed by atoms with Crippen molar-refractivity contribution in [1.82, 2.24) is 0 Å². The van der Waals surface area contributed by atoms with Gasteiger partial charge in [-0.2, -0.15) is 0 Å². The molecule has 0 heterocycles. The summed E-state index contributed by atoms with van der Waals surface area (Å²) in [6.45, 7) is 11.9. The van der Waals surface area contributed by atoms with Crippen molar-refractivity contribution < 1.29 is 0 Å². The third-order valence-electron chi connectivity index (χ3n) is 5.52. The van der Waals surface area contributed by atoms with Crippen LogP contribution in [0.2, 0.25) is 0 Å². The van der Waals surface area contributed by atoms with Gasteiger partial charge in [-0.1, -0.05) is 52.2 Å². The van der Waals surface area contributed by atoms with Crippen molar-refractivity contribution in [3.63, 3.8) is 0 Å². The van der Waals surface area contributed by atoms with Crippen molar-refractivity contribution in [3.8, 4) is 0 Å². The summed E-state index contributed by atoms with van der Waals surface area (Å²) in [7, 11) is 0. The van der Waals surface area contributed by atoms with E-state index in [2.05, 4.69) is 27.4 Å². The van der Waals surface area contributed by atoms with Crippen molar-refractivity contribution in [2.45, 2.75) is 72.1 Å². The SMILES string of the molecule is C=C1CCCCCCC(C)(C)C2CCC12C. The molecule has 2 aliphatic carbocycles. The van der Waals surface area contributed by atoms with E-state index in [-0.39, 0.29) is 0 Å². The lowest BCUT2D eigenvalue weighted by molar-refractivity contribution is -0.0215. The molecule has 0 spiro atoms. The van der Waals surface area contributed by atoms with Gasteiger partial charge in [0.15, 0.2) is 0 Å². The Balaban J connectivity index is 2.17. The van der Waals surface area contributed by atoms with E-state index >= 15 is 0 Å². The van der Waals surface area contributed by atoms with Crippen LogP contribution in [0, 0.1) is 16.7 Å². The molecule has 2 saturated carbocycles. The van der Waals surface area contributed by atoms with E-state index in [1.165, 1.54) is 51.4 Å². The van der Waals surface area contributed by atoms with Gasteiger partial charge < -0.3 is 0 Å². The van der Waals surface area contributed by atoms with Crippen molar-refractivity contribution in [2.75, 3.05) is 0 Å². The molecule has 2 atom stereocenters. The van der Waals surface area contributed by atoms with E-state index in [9.17, 15) is 0 Å². The molecule has 0 aromatic rings. The highest BCUT2D eigenvalue weighted by Crippen LogP contribution is 2.60. The molecule has 0 N–H and O–H groups in total. The average Bonchev–Trinajstić information content (AvgIpc) is 2.18. The predicted octanol–water partition coefficient (Wildman–Crippen LogP) is 5.34. The predicted molar refractivity (Wildman–Crippen MR) is 71.5 cm³/mol. The van der Waals surface area contributed by atoms with Crippen LogP contribution in [-0.4, -0.2) is 0 Å². The summed E-state index contributed by atoms with van der Waals surface area (Å²) in [5.41, 5.74) is 2.56. The van der Waals surface area contributed by atoms with Crippen LogP contribution in [0.15, 0.2) is 12.2 Å². The van der Waals surface area contributed by atoms with Crippen LogP contribution in [-0.2, 0) is 0 Å². The minimum atomic E-state index is 0.473. The Bertz CT molecular complexity index is 274. The fourth-order valence-electron chi connectivity index (χ4n) is 4.13. The summed E-state index contributed by atoms with van der Waals surface area (Å²) in [5.74, 6) is 0.894. The fraction of sp³-hybridized carbons (Fsp3) is 0.875. The zero-order valence-corrected chi connectivity index (χ0v) is 11.4. The first-order valence-electron chi connectivity index (χ1n) is 7.15. The van der Waals surface area contributed by atoms with Gasteiger partial charge in [-0.3, -0.25) is 0 Å². The number of fused-ring (bicyclic) bond motifs is 1. The number of hydrogen-bond acceptors (Lipinski definition) is 0. The maximum Gasteiger partial charge on any atom is -0.00856 e. The van der Waals surface area contributed by atoms with Crippen molar-refractivity contribution in [2.24, 2.45) is 16.7 Å². The topological polar surface area (TPSA) is 0 Å². The van der Waals surface area contributed by atoms with Gasteiger partial charge in [-0.05, 0) is 48.9 Å².